The van der Waals surface area contributed by atoms with Crippen LogP contribution in [0.3, 0.4) is 0 Å². The Morgan fingerprint density at radius 2 is 1.95 bits per heavy atom. The van der Waals surface area contributed by atoms with Crippen molar-refractivity contribution in [2.24, 2.45) is 5.92 Å². The average Bonchev–Trinajstić information content (AvgIpc) is 2.81. The largest absolute Gasteiger partial charge is 0.447 e. The minimum atomic E-state index is -0.543. The molecule has 4 heteroatoms. The van der Waals surface area contributed by atoms with Gasteiger partial charge in [0.1, 0.15) is 6.61 Å². The standard InChI is InChI=1S/C17H22NO3/c1-12(2)14-11-21-16(20)18(14)15(19)10-17(3,4)13-8-6-5-7-9-13/h5-10,12,14H,11H2,1-4H3/t14-/m1/s1. The molecule has 0 N–H and O–H groups in total. The van der Waals surface area contributed by atoms with Crippen LogP contribution in [0.2, 0.25) is 0 Å². The molecule has 0 unspecified atom stereocenters. The second-order valence-corrected chi connectivity index (χ2v) is 6.33. The van der Waals surface area contributed by atoms with E-state index in [2.05, 4.69) is 0 Å². The van der Waals surface area contributed by atoms with Crippen LogP contribution in [0.5, 0.6) is 0 Å². The monoisotopic (exact) mass is 288 g/mol. The Kier molecular flexibility index (Phi) is 4.35. The first kappa shape index (κ1) is 15.5. The molecule has 2 amide bonds. The zero-order chi connectivity index (χ0) is 15.6. The van der Waals surface area contributed by atoms with Crippen molar-refractivity contribution in [3.8, 4) is 0 Å². The number of benzene rings is 1. The first-order valence-electron chi connectivity index (χ1n) is 7.24. The fraction of sp³-hybridized carbons (Fsp3) is 0.471. The quantitative estimate of drug-likeness (QED) is 0.855. The van der Waals surface area contributed by atoms with E-state index in [0.29, 0.717) is 0 Å². The molecule has 0 aliphatic carbocycles. The molecule has 1 aromatic carbocycles. The van der Waals surface area contributed by atoms with Crippen molar-refractivity contribution >= 4 is 12.0 Å². The minimum absolute atomic E-state index is 0.175. The number of amides is 2. The van der Waals surface area contributed by atoms with E-state index < -0.39 is 11.5 Å². The molecule has 1 atom stereocenters. The van der Waals surface area contributed by atoms with E-state index in [-0.39, 0.29) is 24.5 Å². The maximum absolute atomic E-state index is 12.5. The third kappa shape index (κ3) is 3.26. The van der Waals surface area contributed by atoms with Gasteiger partial charge in [0.25, 0.3) is 0 Å². The smallest absolute Gasteiger partial charge is 0.416 e. The van der Waals surface area contributed by atoms with Gasteiger partial charge in [-0.3, -0.25) is 4.79 Å². The predicted octanol–water partition coefficient (Wildman–Crippen LogP) is 3.17. The molecule has 21 heavy (non-hydrogen) atoms. The first-order chi connectivity index (χ1) is 9.83. The van der Waals surface area contributed by atoms with Crippen LogP contribution in [0.1, 0.15) is 33.3 Å². The fourth-order valence-electron chi connectivity index (χ4n) is 2.51. The summed E-state index contributed by atoms with van der Waals surface area (Å²) in [5.41, 5.74) is 0.593. The van der Waals surface area contributed by atoms with Crippen LogP contribution < -0.4 is 0 Å². The number of rotatable bonds is 4. The maximum Gasteiger partial charge on any atom is 0.416 e. The highest BCUT2D eigenvalue weighted by atomic mass is 16.6. The number of nitrogens with zero attached hydrogens (tertiary/aromatic N) is 1. The van der Waals surface area contributed by atoms with Crippen LogP contribution >= 0.6 is 0 Å². The summed E-state index contributed by atoms with van der Waals surface area (Å²) in [4.78, 5) is 25.6. The number of cyclic esters (lactones) is 1. The zero-order valence-corrected chi connectivity index (χ0v) is 13.0. The van der Waals surface area contributed by atoms with Crippen molar-refractivity contribution in [2.75, 3.05) is 6.61 Å². The lowest BCUT2D eigenvalue weighted by Crippen LogP contribution is -2.44. The van der Waals surface area contributed by atoms with Gasteiger partial charge in [0.2, 0.25) is 5.91 Å². The molecule has 113 valence electrons. The Morgan fingerprint density at radius 3 is 2.52 bits per heavy atom. The molecule has 1 aliphatic heterocycles. The van der Waals surface area contributed by atoms with E-state index in [1.165, 1.54) is 4.90 Å². The van der Waals surface area contributed by atoms with Gasteiger partial charge in [-0.15, -0.1) is 0 Å². The van der Waals surface area contributed by atoms with Gasteiger partial charge in [-0.2, -0.15) is 0 Å². The van der Waals surface area contributed by atoms with Crippen LogP contribution in [0, 0.1) is 12.3 Å². The van der Waals surface area contributed by atoms with Gasteiger partial charge >= 0.3 is 6.09 Å². The normalized spacial score (nSPS) is 19.0. The fourth-order valence-corrected chi connectivity index (χ4v) is 2.51. The Balaban J connectivity index is 2.15. The highest BCUT2D eigenvalue weighted by Gasteiger charge is 2.41. The molecule has 0 bridgehead atoms. The summed E-state index contributed by atoms with van der Waals surface area (Å²) in [5, 5.41) is 0. The van der Waals surface area contributed by atoms with Gasteiger partial charge in [0.05, 0.1) is 12.5 Å². The van der Waals surface area contributed by atoms with Crippen LogP contribution in [-0.2, 0) is 14.9 Å². The number of carbonyl (C=O) groups is 2. The van der Waals surface area contributed by atoms with E-state index in [9.17, 15) is 9.59 Å². The molecule has 4 nitrogen and oxygen atoms in total. The lowest BCUT2D eigenvalue weighted by Gasteiger charge is -2.28. The van der Waals surface area contributed by atoms with Gasteiger partial charge in [0.15, 0.2) is 0 Å². The molecule has 1 aromatic rings. The van der Waals surface area contributed by atoms with Crippen molar-refractivity contribution in [1.82, 2.24) is 4.90 Å². The van der Waals surface area contributed by atoms with Crippen LogP contribution in [0.25, 0.3) is 0 Å². The molecular weight excluding hydrogens is 266 g/mol. The topological polar surface area (TPSA) is 46.6 Å². The molecule has 1 heterocycles. The number of hydrogen-bond donors (Lipinski definition) is 0. The van der Waals surface area contributed by atoms with E-state index >= 15 is 0 Å². The molecular formula is C17H22NO3. The number of ether oxygens (including phenoxy) is 1. The molecule has 1 aliphatic rings. The summed E-state index contributed by atoms with van der Waals surface area (Å²) in [6.07, 6.45) is 1.06. The number of hydrogen-bond acceptors (Lipinski definition) is 3. The van der Waals surface area contributed by atoms with Crippen molar-refractivity contribution < 1.29 is 14.3 Å². The first-order valence-corrected chi connectivity index (χ1v) is 7.24. The SMILES string of the molecule is CC(C)[C@H]1COC(=O)N1C(=O)[CH]C(C)(C)c1ccccc1. The zero-order valence-electron chi connectivity index (χ0n) is 13.0. The van der Waals surface area contributed by atoms with Crippen LogP contribution in [-0.4, -0.2) is 29.5 Å². The Hall–Kier alpha value is -1.84. The second-order valence-electron chi connectivity index (χ2n) is 6.33. The lowest BCUT2D eigenvalue weighted by atomic mass is 9.81. The number of imide groups is 1. The van der Waals surface area contributed by atoms with Crippen LogP contribution in [0.15, 0.2) is 30.3 Å². The van der Waals surface area contributed by atoms with E-state index in [4.69, 9.17) is 4.74 Å². The van der Waals surface area contributed by atoms with E-state index in [0.717, 1.165) is 5.56 Å². The Bertz CT molecular complexity index is 522. The third-order valence-electron chi connectivity index (χ3n) is 3.92. The van der Waals surface area contributed by atoms with Crippen molar-refractivity contribution in [2.45, 2.75) is 39.2 Å². The summed E-state index contributed by atoms with van der Waals surface area (Å²) < 4.78 is 5.03. The van der Waals surface area contributed by atoms with Crippen molar-refractivity contribution in [1.29, 1.82) is 0 Å². The molecule has 0 spiro atoms. The van der Waals surface area contributed by atoms with E-state index in [1.54, 1.807) is 6.42 Å². The minimum Gasteiger partial charge on any atom is -0.447 e. The molecule has 0 aromatic heterocycles. The Morgan fingerprint density at radius 1 is 1.33 bits per heavy atom. The summed E-state index contributed by atoms with van der Waals surface area (Å²) in [7, 11) is 0. The Labute approximate surface area is 126 Å². The van der Waals surface area contributed by atoms with Gasteiger partial charge in [-0.25, -0.2) is 9.69 Å². The van der Waals surface area contributed by atoms with Gasteiger partial charge in [-0.1, -0.05) is 58.0 Å². The summed E-state index contributed by atoms with van der Waals surface area (Å²) in [5.74, 6) is -0.112. The number of carbonyl (C=O) groups excluding carboxylic acids is 2. The molecule has 1 fully saturated rings. The second kappa shape index (κ2) is 5.88. The van der Waals surface area contributed by atoms with Crippen molar-refractivity contribution in [3.63, 3.8) is 0 Å². The van der Waals surface area contributed by atoms with Crippen molar-refractivity contribution in [3.05, 3.63) is 42.3 Å². The highest BCUT2D eigenvalue weighted by Crippen LogP contribution is 2.29. The highest BCUT2D eigenvalue weighted by molar-refractivity contribution is 5.99. The van der Waals surface area contributed by atoms with Crippen LogP contribution in [0.4, 0.5) is 4.79 Å². The molecule has 0 saturated carbocycles. The van der Waals surface area contributed by atoms with E-state index in [1.807, 2.05) is 58.0 Å². The lowest BCUT2D eigenvalue weighted by molar-refractivity contribution is -0.126. The molecule has 2 rings (SSSR count). The van der Waals surface area contributed by atoms with Gasteiger partial charge < -0.3 is 4.74 Å². The summed E-state index contributed by atoms with van der Waals surface area (Å²) in [6, 6.07) is 9.59. The summed E-state index contributed by atoms with van der Waals surface area (Å²) in [6.45, 7) is 8.17. The van der Waals surface area contributed by atoms with Gasteiger partial charge in [0, 0.05) is 5.41 Å². The molecule has 1 saturated heterocycles. The summed E-state index contributed by atoms with van der Waals surface area (Å²) >= 11 is 0. The maximum atomic E-state index is 12.5. The average molecular weight is 288 g/mol. The molecule has 1 radical (unpaired) electrons. The van der Waals surface area contributed by atoms with Gasteiger partial charge in [-0.05, 0) is 11.5 Å². The third-order valence-corrected chi connectivity index (χ3v) is 3.92. The predicted molar refractivity (Wildman–Crippen MR) is 80.6 cm³/mol.